The third-order valence-electron chi connectivity index (χ3n) is 2.53. The van der Waals surface area contributed by atoms with E-state index in [0.29, 0.717) is 18.5 Å². The van der Waals surface area contributed by atoms with Crippen molar-refractivity contribution >= 4 is 0 Å². The summed E-state index contributed by atoms with van der Waals surface area (Å²) in [6.45, 7) is 1.71. The molecule has 1 atom stereocenters. The summed E-state index contributed by atoms with van der Waals surface area (Å²) in [7, 11) is 0. The van der Waals surface area contributed by atoms with Crippen LogP contribution in [-0.4, -0.2) is 28.3 Å². The summed E-state index contributed by atoms with van der Waals surface area (Å²) in [6, 6.07) is 0. The van der Waals surface area contributed by atoms with Gasteiger partial charge in [-0.3, -0.25) is 0 Å². The second-order valence-corrected chi connectivity index (χ2v) is 3.82. The van der Waals surface area contributed by atoms with Crippen LogP contribution in [0, 0.1) is 5.92 Å². The highest BCUT2D eigenvalue weighted by Gasteiger charge is 2.33. The first-order valence-electron chi connectivity index (χ1n) is 5.02. The van der Waals surface area contributed by atoms with Crippen LogP contribution in [0.25, 0.3) is 0 Å². The Balaban J connectivity index is 2.09. The number of hydrogen-bond donors (Lipinski definition) is 1. The van der Waals surface area contributed by atoms with Crippen molar-refractivity contribution in [2.45, 2.75) is 19.0 Å². The third kappa shape index (κ3) is 2.66. The van der Waals surface area contributed by atoms with Crippen molar-refractivity contribution in [2.24, 2.45) is 5.92 Å². The van der Waals surface area contributed by atoms with Crippen LogP contribution >= 0.6 is 0 Å². The summed E-state index contributed by atoms with van der Waals surface area (Å²) in [6.07, 6.45) is -2.40. The van der Waals surface area contributed by atoms with E-state index >= 15 is 0 Å². The molecule has 0 aromatic carbocycles. The summed E-state index contributed by atoms with van der Waals surface area (Å²) in [5.41, 5.74) is -0.969. The van der Waals surface area contributed by atoms with Crippen molar-refractivity contribution in [2.75, 3.05) is 13.1 Å². The minimum absolute atomic E-state index is 0.170. The van der Waals surface area contributed by atoms with E-state index in [1.54, 1.807) is 0 Å². The highest BCUT2D eigenvalue weighted by Crippen LogP contribution is 2.26. The van der Waals surface area contributed by atoms with Crippen molar-refractivity contribution in [1.29, 1.82) is 0 Å². The van der Waals surface area contributed by atoms with E-state index in [9.17, 15) is 13.2 Å². The van der Waals surface area contributed by atoms with E-state index in [1.165, 1.54) is 0 Å². The molecule has 7 heteroatoms. The zero-order chi connectivity index (χ0) is 11.6. The maximum atomic E-state index is 12.3. The predicted octanol–water partition coefficient (Wildman–Crippen LogP) is 1.04. The van der Waals surface area contributed by atoms with Crippen LogP contribution in [0.2, 0.25) is 0 Å². The van der Waals surface area contributed by atoms with Gasteiger partial charge in [-0.2, -0.15) is 18.3 Å². The first-order valence-corrected chi connectivity index (χ1v) is 5.02. The van der Waals surface area contributed by atoms with Crippen LogP contribution < -0.4 is 5.32 Å². The van der Waals surface area contributed by atoms with Crippen LogP contribution in [0.4, 0.5) is 13.2 Å². The smallest absolute Gasteiger partial charge is 0.316 e. The number of halogens is 3. The lowest BCUT2D eigenvalue weighted by atomic mass is 10.1. The molecule has 0 radical (unpaired) electrons. The predicted molar refractivity (Wildman–Crippen MR) is 49.5 cm³/mol. The second kappa shape index (κ2) is 4.32. The van der Waals surface area contributed by atoms with Gasteiger partial charge in [0, 0.05) is 6.42 Å². The Labute approximate surface area is 90.3 Å². The van der Waals surface area contributed by atoms with Crippen molar-refractivity contribution in [1.82, 2.24) is 20.5 Å². The van der Waals surface area contributed by atoms with Crippen molar-refractivity contribution in [3.63, 3.8) is 0 Å². The molecule has 2 rings (SSSR count). The first-order chi connectivity index (χ1) is 7.55. The van der Waals surface area contributed by atoms with Gasteiger partial charge in [-0.05, 0) is 25.4 Å². The summed E-state index contributed by atoms with van der Waals surface area (Å²) >= 11 is 0. The van der Waals surface area contributed by atoms with Crippen LogP contribution in [0.15, 0.2) is 6.20 Å². The van der Waals surface area contributed by atoms with Crippen LogP contribution in [0.3, 0.4) is 0 Å². The molecule has 16 heavy (non-hydrogen) atoms. The number of aromatic nitrogens is 3. The fourth-order valence-electron chi connectivity index (χ4n) is 1.71. The quantitative estimate of drug-likeness (QED) is 0.827. The summed E-state index contributed by atoms with van der Waals surface area (Å²) in [4.78, 5) is 3.48. The number of rotatable bonds is 2. The number of nitrogens with one attached hydrogen (secondary N) is 1. The molecule has 1 aliphatic heterocycles. The van der Waals surface area contributed by atoms with Gasteiger partial charge in [0.05, 0.1) is 6.20 Å². The molecule has 0 amide bonds. The van der Waals surface area contributed by atoms with Gasteiger partial charge in [0.2, 0.25) is 0 Å². The van der Waals surface area contributed by atoms with Gasteiger partial charge < -0.3 is 5.32 Å². The number of hydrogen-bond acceptors (Lipinski definition) is 4. The summed E-state index contributed by atoms with van der Waals surface area (Å²) in [5, 5.41) is 10.1. The minimum atomic E-state index is -4.45. The Morgan fingerprint density at radius 2 is 2.25 bits per heavy atom. The zero-order valence-electron chi connectivity index (χ0n) is 8.46. The van der Waals surface area contributed by atoms with Gasteiger partial charge in [-0.1, -0.05) is 0 Å². The maximum absolute atomic E-state index is 12.3. The summed E-state index contributed by atoms with van der Waals surface area (Å²) < 4.78 is 37.0. The fourth-order valence-corrected chi connectivity index (χ4v) is 1.71. The molecule has 88 valence electrons. The Morgan fingerprint density at radius 1 is 1.44 bits per heavy atom. The van der Waals surface area contributed by atoms with Crippen LogP contribution in [0.1, 0.15) is 17.9 Å². The van der Waals surface area contributed by atoms with Gasteiger partial charge in [0.25, 0.3) is 0 Å². The monoisotopic (exact) mass is 232 g/mol. The van der Waals surface area contributed by atoms with Gasteiger partial charge in [0.15, 0.2) is 11.5 Å². The fraction of sp³-hybridized carbons (Fsp3) is 0.667. The largest absolute Gasteiger partial charge is 0.435 e. The van der Waals surface area contributed by atoms with E-state index in [4.69, 9.17) is 0 Å². The minimum Gasteiger partial charge on any atom is -0.316 e. The number of nitrogens with zero attached hydrogens (tertiary/aromatic N) is 3. The molecule has 1 aliphatic rings. The van der Waals surface area contributed by atoms with Crippen molar-refractivity contribution in [3.05, 3.63) is 17.7 Å². The normalized spacial score (nSPS) is 21.3. The standard InChI is InChI=1S/C9H11F3N4/c10-9(11,12)7-5-14-16-8(15-7)3-6-1-2-13-4-6/h5-6,13H,1-4H2. The third-order valence-corrected chi connectivity index (χ3v) is 2.53. The average Bonchev–Trinajstić information content (AvgIpc) is 2.70. The maximum Gasteiger partial charge on any atom is 0.435 e. The van der Waals surface area contributed by atoms with Gasteiger partial charge >= 0.3 is 6.18 Å². The molecular formula is C9H11F3N4. The highest BCUT2D eigenvalue weighted by molar-refractivity contribution is 5.01. The Bertz CT molecular complexity index is 360. The van der Waals surface area contributed by atoms with Crippen molar-refractivity contribution in [3.8, 4) is 0 Å². The van der Waals surface area contributed by atoms with E-state index in [1.807, 2.05) is 0 Å². The van der Waals surface area contributed by atoms with Crippen LogP contribution in [-0.2, 0) is 12.6 Å². The molecule has 0 saturated carbocycles. The molecule has 0 bridgehead atoms. The zero-order valence-corrected chi connectivity index (χ0v) is 8.46. The SMILES string of the molecule is FC(F)(F)c1cnnc(CC2CCNC2)n1. The molecule has 0 aliphatic carbocycles. The van der Waals surface area contributed by atoms with E-state index in [0.717, 1.165) is 19.5 Å². The molecular weight excluding hydrogens is 221 g/mol. The average molecular weight is 232 g/mol. The molecule has 2 heterocycles. The lowest BCUT2D eigenvalue weighted by Gasteiger charge is -2.08. The molecule has 1 aromatic rings. The van der Waals surface area contributed by atoms with E-state index < -0.39 is 11.9 Å². The van der Waals surface area contributed by atoms with E-state index in [-0.39, 0.29) is 5.82 Å². The number of alkyl halides is 3. The van der Waals surface area contributed by atoms with Crippen molar-refractivity contribution < 1.29 is 13.2 Å². The van der Waals surface area contributed by atoms with E-state index in [2.05, 4.69) is 20.5 Å². The lowest BCUT2D eigenvalue weighted by molar-refractivity contribution is -0.141. The Kier molecular flexibility index (Phi) is 3.04. The Morgan fingerprint density at radius 3 is 2.88 bits per heavy atom. The lowest BCUT2D eigenvalue weighted by Crippen LogP contribution is -2.16. The first kappa shape index (κ1) is 11.3. The molecule has 1 N–H and O–H groups in total. The summed E-state index contributed by atoms with van der Waals surface area (Å²) in [5.74, 6) is 0.480. The van der Waals surface area contributed by atoms with Gasteiger partial charge in [-0.15, -0.1) is 5.10 Å². The molecule has 1 aromatic heterocycles. The Hall–Kier alpha value is -1.24. The molecule has 0 spiro atoms. The molecule has 1 fully saturated rings. The topological polar surface area (TPSA) is 50.7 Å². The van der Waals surface area contributed by atoms with Gasteiger partial charge in [0.1, 0.15) is 0 Å². The molecule has 1 saturated heterocycles. The molecule has 1 unspecified atom stereocenters. The highest BCUT2D eigenvalue weighted by atomic mass is 19.4. The molecule has 4 nitrogen and oxygen atoms in total. The van der Waals surface area contributed by atoms with Gasteiger partial charge in [-0.25, -0.2) is 4.98 Å². The second-order valence-electron chi connectivity index (χ2n) is 3.82. The van der Waals surface area contributed by atoms with Crippen LogP contribution in [0.5, 0.6) is 0 Å².